The van der Waals surface area contributed by atoms with E-state index in [0.717, 1.165) is 24.4 Å². The topological polar surface area (TPSA) is 30.0 Å². The van der Waals surface area contributed by atoms with Crippen LogP contribution in [-0.2, 0) is 6.18 Å². The quantitative estimate of drug-likeness (QED) is 0.613. The molecule has 2 nitrogen and oxygen atoms in total. The van der Waals surface area contributed by atoms with Gasteiger partial charge in [-0.1, -0.05) is 6.07 Å². The highest BCUT2D eigenvalue weighted by molar-refractivity contribution is 5.95. The number of halogens is 4. The Hall–Kier alpha value is -2.24. The van der Waals surface area contributed by atoms with Gasteiger partial charge in [0.15, 0.2) is 5.78 Å². The minimum absolute atomic E-state index is 0.153. The van der Waals surface area contributed by atoms with Crippen LogP contribution in [0.5, 0.6) is 0 Å². The van der Waals surface area contributed by atoms with Gasteiger partial charge < -0.3 is 0 Å². The monoisotopic (exact) mass is 283 g/mol. The lowest BCUT2D eigenvalue weighted by Crippen LogP contribution is -2.07. The van der Waals surface area contributed by atoms with Crippen LogP contribution in [0.4, 0.5) is 17.6 Å². The predicted molar refractivity (Wildman–Crippen MR) is 64.6 cm³/mol. The van der Waals surface area contributed by atoms with Gasteiger partial charge in [0.25, 0.3) is 0 Å². The Bertz CT molecular complexity index is 647. The van der Waals surface area contributed by atoms with Gasteiger partial charge in [-0.05, 0) is 36.8 Å². The third kappa shape index (κ3) is 3.01. The normalized spacial score (nSPS) is 11.4. The fourth-order valence-electron chi connectivity index (χ4n) is 1.69. The van der Waals surface area contributed by atoms with Gasteiger partial charge in [-0.15, -0.1) is 0 Å². The molecule has 0 radical (unpaired) electrons. The summed E-state index contributed by atoms with van der Waals surface area (Å²) >= 11 is 0. The molecule has 104 valence electrons. The zero-order valence-electron chi connectivity index (χ0n) is 10.3. The Balaban J connectivity index is 2.44. The molecule has 2 aromatic rings. The maximum atomic E-state index is 13.4. The summed E-state index contributed by atoms with van der Waals surface area (Å²) in [6.07, 6.45) is -3.52. The SMILES string of the molecule is CC(=O)c1cc(F)cc(-c2ccc(C(F)(F)F)nc2)c1. The second-order valence-corrected chi connectivity index (χ2v) is 4.21. The van der Waals surface area contributed by atoms with Crippen molar-refractivity contribution in [2.45, 2.75) is 13.1 Å². The van der Waals surface area contributed by atoms with E-state index >= 15 is 0 Å². The third-order valence-corrected chi connectivity index (χ3v) is 2.69. The minimum atomic E-state index is -4.52. The Morgan fingerprint density at radius 1 is 1.10 bits per heavy atom. The predicted octanol–water partition coefficient (Wildman–Crippen LogP) is 4.11. The van der Waals surface area contributed by atoms with Crippen LogP contribution in [0.2, 0.25) is 0 Å². The van der Waals surface area contributed by atoms with Crippen LogP contribution < -0.4 is 0 Å². The van der Waals surface area contributed by atoms with Gasteiger partial charge in [0.2, 0.25) is 0 Å². The maximum Gasteiger partial charge on any atom is 0.433 e. The molecule has 20 heavy (non-hydrogen) atoms. The molecule has 0 saturated heterocycles. The Morgan fingerprint density at radius 3 is 2.30 bits per heavy atom. The standard InChI is InChI=1S/C14H9F4NO/c1-8(20)10-4-11(6-12(15)5-10)9-2-3-13(19-7-9)14(16,17)18/h2-7H,1H3. The second-order valence-electron chi connectivity index (χ2n) is 4.21. The molecule has 6 heteroatoms. The van der Waals surface area contributed by atoms with E-state index in [2.05, 4.69) is 4.98 Å². The number of carbonyl (C=O) groups is 1. The number of pyridine rings is 1. The van der Waals surface area contributed by atoms with Crippen molar-refractivity contribution in [3.63, 3.8) is 0 Å². The Morgan fingerprint density at radius 2 is 1.80 bits per heavy atom. The molecule has 0 aliphatic carbocycles. The van der Waals surface area contributed by atoms with E-state index in [0.29, 0.717) is 11.1 Å². The van der Waals surface area contributed by atoms with E-state index in [1.807, 2.05) is 0 Å². The summed E-state index contributed by atoms with van der Waals surface area (Å²) in [6, 6.07) is 5.62. The number of ketones is 1. The van der Waals surface area contributed by atoms with Gasteiger partial charge in [-0.25, -0.2) is 4.39 Å². The number of carbonyl (C=O) groups excluding carboxylic acids is 1. The van der Waals surface area contributed by atoms with E-state index in [4.69, 9.17) is 0 Å². The van der Waals surface area contributed by atoms with Crippen molar-refractivity contribution in [3.05, 3.63) is 53.6 Å². The summed E-state index contributed by atoms with van der Waals surface area (Å²) in [7, 11) is 0. The third-order valence-electron chi connectivity index (χ3n) is 2.69. The van der Waals surface area contributed by atoms with Crippen molar-refractivity contribution < 1.29 is 22.4 Å². The van der Waals surface area contributed by atoms with Crippen LogP contribution in [0.1, 0.15) is 23.0 Å². The van der Waals surface area contributed by atoms with Gasteiger partial charge >= 0.3 is 6.18 Å². The highest BCUT2D eigenvalue weighted by atomic mass is 19.4. The lowest BCUT2D eigenvalue weighted by Gasteiger charge is -2.07. The number of Topliss-reactive ketones (excluding diaryl/α,β-unsaturated/α-hetero) is 1. The molecule has 1 heterocycles. The summed E-state index contributed by atoms with van der Waals surface area (Å²) in [5, 5.41) is 0. The number of nitrogens with zero attached hydrogens (tertiary/aromatic N) is 1. The molecule has 0 bridgehead atoms. The van der Waals surface area contributed by atoms with Crippen LogP contribution >= 0.6 is 0 Å². The highest BCUT2D eigenvalue weighted by Crippen LogP contribution is 2.29. The lowest BCUT2D eigenvalue weighted by atomic mass is 10.0. The molecule has 0 amide bonds. The summed E-state index contributed by atoms with van der Waals surface area (Å²) in [6.45, 7) is 1.28. The van der Waals surface area contributed by atoms with Crippen molar-refractivity contribution in [2.75, 3.05) is 0 Å². The number of hydrogen-bond donors (Lipinski definition) is 0. The maximum absolute atomic E-state index is 13.4. The molecule has 0 unspecified atom stereocenters. The molecule has 0 aliphatic rings. The summed E-state index contributed by atoms with van der Waals surface area (Å²) < 4.78 is 50.6. The second kappa shape index (κ2) is 5.03. The van der Waals surface area contributed by atoms with E-state index in [-0.39, 0.29) is 11.3 Å². The van der Waals surface area contributed by atoms with Gasteiger partial charge in [0.05, 0.1) is 0 Å². The molecule has 0 aliphatic heterocycles. The number of aromatic nitrogens is 1. The van der Waals surface area contributed by atoms with Crippen molar-refractivity contribution >= 4 is 5.78 Å². The molecular formula is C14H9F4NO. The Labute approximate surface area is 112 Å². The van der Waals surface area contributed by atoms with Crippen molar-refractivity contribution in [2.24, 2.45) is 0 Å². The highest BCUT2D eigenvalue weighted by Gasteiger charge is 2.32. The summed E-state index contributed by atoms with van der Waals surface area (Å²) in [4.78, 5) is 14.5. The van der Waals surface area contributed by atoms with Crippen molar-refractivity contribution in [1.29, 1.82) is 0 Å². The number of alkyl halides is 3. The molecule has 0 saturated carbocycles. The fourth-order valence-corrected chi connectivity index (χ4v) is 1.69. The van der Waals surface area contributed by atoms with Crippen LogP contribution in [-0.4, -0.2) is 10.8 Å². The Kier molecular flexibility index (Phi) is 3.57. The minimum Gasteiger partial charge on any atom is -0.295 e. The average Bonchev–Trinajstić information content (AvgIpc) is 2.37. The number of hydrogen-bond acceptors (Lipinski definition) is 2. The summed E-state index contributed by atoms with van der Waals surface area (Å²) in [5.74, 6) is -0.960. The van der Waals surface area contributed by atoms with Gasteiger partial charge in [0, 0.05) is 17.3 Å². The van der Waals surface area contributed by atoms with Gasteiger partial charge in [-0.3, -0.25) is 9.78 Å². The number of benzene rings is 1. The van der Waals surface area contributed by atoms with Crippen molar-refractivity contribution in [3.8, 4) is 11.1 Å². The molecule has 2 rings (SSSR count). The average molecular weight is 283 g/mol. The first-order valence-electron chi connectivity index (χ1n) is 5.62. The smallest absolute Gasteiger partial charge is 0.295 e. The zero-order chi connectivity index (χ0) is 14.9. The molecule has 0 atom stereocenters. The van der Waals surface area contributed by atoms with Crippen LogP contribution in [0.15, 0.2) is 36.5 Å². The van der Waals surface area contributed by atoms with Gasteiger partial charge in [0.1, 0.15) is 11.5 Å². The molecule has 0 spiro atoms. The first kappa shape index (κ1) is 14.2. The number of rotatable bonds is 2. The fraction of sp³-hybridized carbons (Fsp3) is 0.143. The van der Waals surface area contributed by atoms with Crippen molar-refractivity contribution in [1.82, 2.24) is 4.98 Å². The molecule has 0 fully saturated rings. The van der Waals surface area contributed by atoms with E-state index in [9.17, 15) is 22.4 Å². The first-order chi connectivity index (χ1) is 9.27. The summed E-state index contributed by atoms with van der Waals surface area (Å²) in [5.41, 5.74) is -0.263. The van der Waals surface area contributed by atoms with Crippen LogP contribution in [0.25, 0.3) is 11.1 Å². The van der Waals surface area contributed by atoms with Crippen LogP contribution in [0, 0.1) is 5.82 Å². The largest absolute Gasteiger partial charge is 0.433 e. The molecular weight excluding hydrogens is 274 g/mol. The van der Waals surface area contributed by atoms with Crippen LogP contribution in [0.3, 0.4) is 0 Å². The van der Waals surface area contributed by atoms with E-state index < -0.39 is 17.7 Å². The lowest BCUT2D eigenvalue weighted by molar-refractivity contribution is -0.141. The first-order valence-corrected chi connectivity index (χ1v) is 5.62. The zero-order valence-corrected chi connectivity index (χ0v) is 10.3. The molecule has 1 aromatic heterocycles. The van der Waals surface area contributed by atoms with Gasteiger partial charge in [-0.2, -0.15) is 13.2 Å². The van der Waals surface area contributed by atoms with E-state index in [1.54, 1.807) is 0 Å². The molecule has 1 aromatic carbocycles. The van der Waals surface area contributed by atoms with E-state index in [1.165, 1.54) is 19.1 Å². The molecule has 0 N–H and O–H groups in total.